The van der Waals surface area contributed by atoms with Gasteiger partial charge in [0.25, 0.3) is 0 Å². The van der Waals surface area contributed by atoms with Crippen molar-refractivity contribution in [2.24, 2.45) is 0 Å². The maximum absolute atomic E-state index is 6.44. The molecule has 1 aromatic rings. The summed E-state index contributed by atoms with van der Waals surface area (Å²) >= 11 is 0. The van der Waals surface area contributed by atoms with Crippen LogP contribution in [0.5, 0.6) is 0 Å². The third-order valence-electron chi connectivity index (χ3n) is 5.90. The summed E-state index contributed by atoms with van der Waals surface area (Å²) in [7, 11) is 4.18. The molecule has 3 rings (SSSR count). The van der Waals surface area contributed by atoms with E-state index in [1.165, 1.54) is 49.8 Å². The van der Waals surface area contributed by atoms with E-state index in [9.17, 15) is 0 Å². The van der Waals surface area contributed by atoms with Gasteiger partial charge in [-0.3, -0.25) is 5.10 Å². The Kier molecular flexibility index (Phi) is 5.33. The lowest BCUT2D eigenvalue weighted by Crippen LogP contribution is -2.36. The molecule has 5 nitrogen and oxygen atoms in total. The maximum Gasteiger partial charge on any atom is 0.0697 e. The Labute approximate surface area is 146 Å². The molecule has 1 aliphatic heterocycles. The summed E-state index contributed by atoms with van der Waals surface area (Å²) < 4.78 is 6.44. The molecule has 1 saturated carbocycles. The zero-order valence-corrected chi connectivity index (χ0v) is 15.8. The average molecular weight is 335 g/mol. The summed E-state index contributed by atoms with van der Waals surface area (Å²) in [6.45, 7) is 7.51. The number of aromatic nitrogens is 2. The smallest absolute Gasteiger partial charge is 0.0697 e. The lowest BCUT2D eigenvalue weighted by molar-refractivity contribution is -0.105. The number of likely N-dealkylation sites (N-methyl/N-ethyl adjacent to an activating group) is 2. The number of nitrogens with zero attached hydrogens (tertiary/aromatic N) is 2. The van der Waals surface area contributed by atoms with Crippen LogP contribution in [0.2, 0.25) is 0 Å². The molecular weight excluding hydrogens is 300 g/mol. The first-order valence-corrected chi connectivity index (χ1v) is 9.49. The molecule has 0 aromatic carbocycles. The standard InChI is InChI=1S/C19H34N4O/c1-18(2)9-10-19(24-18)7-5-15(6-8-19)17-16(13-21-22-17)14-23(4)12-11-20-3/h13,15,20H,5-12,14H2,1-4H3,(H,21,22)/t15-,19+. The molecule has 1 aliphatic carbocycles. The molecule has 24 heavy (non-hydrogen) atoms. The highest BCUT2D eigenvalue weighted by molar-refractivity contribution is 5.21. The Bertz CT molecular complexity index is 531. The average Bonchev–Trinajstić information content (AvgIpc) is 3.11. The van der Waals surface area contributed by atoms with Crippen LogP contribution in [0.3, 0.4) is 0 Å². The van der Waals surface area contributed by atoms with Crippen molar-refractivity contribution in [1.82, 2.24) is 20.4 Å². The van der Waals surface area contributed by atoms with Crippen LogP contribution in [0.25, 0.3) is 0 Å². The summed E-state index contributed by atoms with van der Waals surface area (Å²) in [5.41, 5.74) is 2.88. The van der Waals surface area contributed by atoms with Crippen LogP contribution in [0.1, 0.15) is 69.5 Å². The van der Waals surface area contributed by atoms with E-state index in [1.807, 2.05) is 7.05 Å². The fraction of sp³-hybridized carbons (Fsp3) is 0.842. The minimum atomic E-state index is 0.0698. The molecule has 0 atom stereocenters. The number of aromatic amines is 1. The van der Waals surface area contributed by atoms with Gasteiger partial charge in [-0.25, -0.2) is 0 Å². The van der Waals surface area contributed by atoms with Crippen molar-refractivity contribution in [3.8, 4) is 0 Å². The number of hydrogen-bond donors (Lipinski definition) is 2. The molecule has 2 fully saturated rings. The molecular formula is C19H34N4O. The Morgan fingerprint density at radius 2 is 2.04 bits per heavy atom. The van der Waals surface area contributed by atoms with E-state index >= 15 is 0 Å². The minimum Gasteiger partial charge on any atom is -0.369 e. The highest BCUT2D eigenvalue weighted by Crippen LogP contribution is 2.49. The molecule has 0 radical (unpaired) electrons. The number of ether oxygens (including phenoxy) is 1. The van der Waals surface area contributed by atoms with Gasteiger partial charge in [-0.05, 0) is 66.5 Å². The second kappa shape index (κ2) is 7.14. The van der Waals surface area contributed by atoms with Crippen LogP contribution in [0.4, 0.5) is 0 Å². The van der Waals surface area contributed by atoms with Crippen molar-refractivity contribution in [1.29, 1.82) is 0 Å². The number of H-pyrrole nitrogens is 1. The zero-order valence-electron chi connectivity index (χ0n) is 15.8. The molecule has 1 saturated heterocycles. The number of hydrogen-bond acceptors (Lipinski definition) is 4. The van der Waals surface area contributed by atoms with Crippen molar-refractivity contribution in [2.45, 2.75) is 76.0 Å². The molecule has 2 heterocycles. The van der Waals surface area contributed by atoms with Crippen molar-refractivity contribution >= 4 is 0 Å². The van der Waals surface area contributed by atoms with Crippen molar-refractivity contribution in [3.05, 3.63) is 17.5 Å². The van der Waals surface area contributed by atoms with Gasteiger partial charge in [-0.1, -0.05) is 0 Å². The lowest BCUT2D eigenvalue weighted by atomic mass is 9.75. The van der Waals surface area contributed by atoms with Gasteiger partial charge in [0.1, 0.15) is 0 Å². The lowest BCUT2D eigenvalue weighted by Gasteiger charge is -2.38. The zero-order chi connectivity index (χ0) is 17.2. The Hall–Kier alpha value is -0.910. The summed E-state index contributed by atoms with van der Waals surface area (Å²) in [6, 6.07) is 0. The van der Waals surface area contributed by atoms with E-state index < -0.39 is 0 Å². The maximum atomic E-state index is 6.44. The van der Waals surface area contributed by atoms with Gasteiger partial charge in [0.2, 0.25) is 0 Å². The fourth-order valence-electron chi connectivity index (χ4n) is 4.46. The van der Waals surface area contributed by atoms with Gasteiger partial charge in [0.05, 0.1) is 16.9 Å². The van der Waals surface area contributed by atoms with E-state index in [0.717, 1.165) is 19.6 Å². The molecule has 0 unspecified atom stereocenters. The minimum absolute atomic E-state index is 0.0698. The normalized spacial score (nSPS) is 29.6. The van der Waals surface area contributed by atoms with Crippen LogP contribution in [0, 0.1) is 0 Å². The van der Waals surface area contributed by atoms with Crippen LogP contribution in [-0.2, 0) is 11.3 Å². The Balaban J connectivity index is 1.58. The monoisotopic (exact) mass is 334 g/mol. The van der Waals surface area contributed by atoms with Gasteiger partial charge < -0.3 is 15.0 Å². The first kappa shape index (κ1) is 17.9. The third-order valence-corrected chi connectivity index (χ3v) is 5.90. The van der Waals surface area contributed by atoms with E-state index in [4.69, 9.17) is 4.74 Å². The molecule has 2 N–H and O–H groups in total. The molecule has 2 aliphatic rings. The molecule has 136 valence electrons. The van der Waals surface area contributed by atoms with Crippen LogP contribution in [-0.4, -0.2) is 53.5 Å². The molecule has 5 heteroatoms. The van der Waals surface area contributed by atoms with Gasteiger partial charge >= 0.3 is 0 Å². The summed E-state index contributed by atoms with van der Waals surface area (Å²) in [5.74, 6) is 0.585. The summed E-state index contributed by atoms with van der Waals surface area (Å²) in [6.07, 6.45) is 9.29. The summed E-state index contributed by atoms with van der Waals surface area (Å²) in [5, 5.41) is 10.9. The predicted octanol–water partition coefficient (Wildman–Crippen LogP) is 3.05. The van der Waals surface area contributed by atoms with Crippen molar-refractivity contribution in [3.63, 3.8) is 0 Å². The molecule has 1 spiro atoms. The first-order valence-electron chi connectivity index (χ1n) is 9.49. The van der Waals surface area contributed by atoms with Crippen LogP contribution >= 0.6 is 0 Å². The predicted molar refractivity (Wildman–Crippen MR) is 97.2 cm³/mol. The van der Waals surface area contributed by atoms with E-state index in [-0.39, 0.29) is 11.2 Å². The van der Waals surface area contributed by atoms with E-state index in [0.29, 0.717) is 5.92 Å². The second-order valence-electron chi connectivity index (χ2n) is 8.46. The Morgan fingerprint density at radius 1 is 1.29 bits per heavy atom. The van der Waals surface area contributed by atoms with E-state index in [2.05, 4.69) is 47.5 Å². The topological polar surface area (TPSA) is 53.2 Å². The van der Waals surface area contributed by atoms with Gasteiger partial charge in [-0.15, -0.1) is 0 Å². The first-order chi connectivity index (χ1) is 11.4. The fourth-order valence-corrected chi connectivity index (χ4v) is 4.46. The Morgan fingerprint density at radius 3 is 2.67 bits per heavy atom. The largest absolute Gasteiger partial charge is 0.369 e. The van der Waals surface area contributed by atoms with Crippen molar-refractivity contribution < 1.29 is 4.74 Å². The van der Waals surface area contributed by atoms with E-state index in [1.54, 1.807) is 0 Å². The van der Waals surface area contributed by atoms with Gasteiger partial charge in [0, 0.05) is 37.3 Å². The van der Waals surface area contributed by atoms with Gasteiger partial charge in [-0.2, -0.15) is 5.10 Å². The molecule has 1 aromatic heterocycles. The molecule has 0 amide bonds. The molecule has 0 bridgehead atoms. The highest BCUT2D eigenvalue weighted by Gasteiger charge is 2.46. The number of rotatable bonds is 6. The van der Waals surface area contributed by atoms with Crippen LogP contribution in [0.15, 0.2) is 6.20 Å². The number of nitrogens with one attached hydrogen (secondary N) is 2. The SMILES string of the molecule is CNCCN(C)Cc1c[nH]nc1[C@H]1CC[C@]2(CCC(C)(C)O2)CC1. The second-order valence-corrected chi connectivity index (χ2v) is 8.46. The van der Waals surface area contributed by atoms with Crippen molar-refractivity contribution in [2.75, 3.05) is 27.2 Å². The highest BCUT2D eigenvalue weighted by atomic mass is 16.5. The summed E-state index contributed by atoms with van der Waals surface area (Å²) in [4.78, 5) is 2.36. The quantitative estimate of drug-likeness (QED) is 0.839. The van der Waals surface area contributed by atoms with Crippen LogP contribution < -0.4 is 5.32 Å². The van der Waals surface area contributed by atoms with Gasteiger partial charge in [0.15, 0.2) is 0 Å². The third kappa shape index (κ3) is 4.01.